The average Bonchev–Trinajstić information content (AvgIpc) is 3.12. The third-order valence-corrected chi connectivity index (χ3v) is 4.98. The molecule has 162 valence electrons. The Morgan fingerprint density at radius 2 is 2.03 bits per heavy atom. The fourth-order valence-electron chi connectivity index (χ4n) is 3.19. The smallest absolute Gasteiger partial charge is 0.188 e. The molecule has 0 saturated heterocycles. The third kappa shape index (κ3) is 5.00. The standard InChI is InChI=1S/C20H26FN5O3S/c1-5-25(8-9-27-3)19-11-18(22-13-23-19)20-16-10-15(29-14(2)12-28-4)6-7-17(16)24-26(20)30-21/h6-7,10-11,13-14H,5,8-9,12H2,1-4H3. The van der Waals surface area contributed by atoms with Crippen LogP contribution in [0.3, 0.4) is 0 Å². The van der Waals surface area contributed by atoms with E-state index in [9.17, 15) is 3.89 Å². The van der Waals surface area contributed by atoms with E-state index in [2.05, 4.69) is 20.0 Å². The Balaban J connectivity index is 2.02. The molecule has 0 amide bonds. The number of aromatic nitrogens is 4. The molecule has 8 nitrogen and oxygen atoms in total. The SMILES string of the molecule is CCN(CCOC)c1cc(-c2c3cc(OC(C)COC)ccc3nn2SF)ncn1. The first-order chi connectivity index (χ1) is 14.6. The molecule has 0 N–H and O–H groups in total. The van der Waals surface area contributed by atoms with E-state index >= 15 is 0 Å². The second kappa shape index (κ2) is 10.6. The summed E-state index contributed by atoms with van der Waals surface area (Å²) in [6.45, 7) is 6.46. The summed E-state index contributed by atoms with van der Waals surface area (Å²) < 4.78 is 31.1. The summed E-state index contributed by atoms with van der Waals surface area (Å²) in [4.78, 5) is 10.8. The minimum atomic E-state index is -0.119. The van der Waals surface area contributed by atoms with Crippen LogP contribution >= 0.6 is 12.3 Å². The normalized spacial score (nSPS) is 12.3. The molecule has 0 aliphatic heterocycles. The summed E-state index contributed by atoms with van der Waals surface area (Å²) >= 11 is 0.0285. The maximum Gasteiger partial charge on any atom is 0.188 e. The van der Waals surface area contributed by atoms with Crippen molar-refractivity contribution in [3.63, 3.8) is 0 Å². The highest BCUT2D eigenvalue weighted by atomic mass is 32.2. The Bertz CT molecular complexity index is 971. The van der Waals surface area contributed by atoms with Crippen molar-refractivity contribution in [2.75, 3.05) is 45.4 Å². The molecule has 1 atom stereocenters. The highest BCUT2D eigenvalue weighted by molar-refractivity contribution is 7.92. The van der Waals surface area contributed by atoms with Crippen molar-refractivity contribution in [1.29, 1.82) is 0 Å². The van der Waals surface area contributed by atoms with Crippen molar-refractivity contribution < 1.29 is 18.1 Å². The number of nitrogens with zero attached hydrogens (tertiary/aromatic N) is 5. The van der Waals surface area contributed by atoms with Crippen molar-refractivity contribution in [2.45, 2.75) is 20.0 Å². The van der Waals surface area contributed by atoms with Crippen LogP contribution < -0.4 is 9.64 Å². The number of hydrogen-bond donors (Lipinski definition) is 0. The predicted molar refractivity (Wildman–Crippen MR) is 117 cm³/mol. The molecule has 30 heavy (non-hydrogen) atoms. The average molecular weight is 436 g/mol. The van der Waals surface area contributed by atoms with Gasteiger partial charge in [0.1, 0.15) is 29.7 Å². The molecule has 0 fully saturated rings. The Morgan fingerprint density at radius 3 is 2.73 bits per heavy atom. The maximum absolute atomic E-state index is 13.7. The molecule has 0 saturated carbocycles. The second-order valence-corrected chi connectivity index (χ2v) is 7.17. The number of fused-ring (bicyclic) bond motifs is 1. The number of methoxy groups -OCH3 is 2. The van der Waals surface area contributed by atoms with Gasteiger partial charge in [-0.3, -0.25) is 0 Å². The molecule has 2 aromatic heterocycles. The zero-order chi connectivity index (χ0) is 21.5. The number of hydrogen-bond acceptors (Lipinski definition) is 8. The molecule has 0 aliphatic carbocycles. The highest BCUT2D eigenvalue weighted by Gasteiger charge is 2.18. The third-order valence-electron chi connectivity index (χ3n) is 4.58. The van der Waals surface area contributed by atoms with Crippen LogP contribution in [0.15, 0.2) is 30.6 Å². The van der Waals surface area contributed by atoms with E-state index in [1.54, 1.807) is 20.3 Å². The van der Waals surface area contributed by atoms with Gasteiger partial charge < -0.3 is 19.1 Å². The van der Waals surface area contributed by atoms with Crippen molar-refractivity contribution >= 4 is 29.1 Å². The first kappa shape index (κ1) is 22.3. The number of anilines is 1. The van der Waals surface area contributed by atoms with E-state index in [0.717, 1.165) is 17.7 Å². The summed E-state index contributed by atoms with van der Waals surface area (Å²) in [7, 11) is 3.29. The molecule has 1 aromatic carbocycles. The largest absolute Gasteiger partial charge is 0.488 e. The van der Waals surface area contributed by atoms with E-state index in [0.29, 0.717) is 42.4 Å². The molecule has 1 unspecified atom stereocenters. The molecule has 0 aliphatic rings. The number of benzene rings is 1. The summed E-state index contributed by atoms with van der Waals surface area (Å²) in [6, 6.07) is 7.30. The van der Waals surface area contributed by atoms with Crippen LogP contribution in [0.25, 0.3) is 22.3 Å². The molecular weight excluding hydrogens is 409 g/mol. The Kier molecular flexibility index (Phi) is 7.83. The second-order valence-electron chi connectivity index (χ2n) is 6.69. The van der Waals surface area contributed by atoms with E-state index in [1.807, 2.05) is 32.0 Å². The minimum Gasteiger partial charge on any atom is -0.488 e. The fraction of sp³-hybridized carbons (Fsp3) is 0.450. The quantitative estimate of drug-likeness (QED) is 0.451. The van der Waals surface area contributed by atoms with Gasteiger partial charge in [-0.05, 0) is 32.0 Å². The Labute approximate surface area is 179 Å². The highest BCUT2D eigenvalue weighted by Crippen LogP contribution is 2.34. The molecule has 10 heteroatoms. The Hall–Kier alpha value is -2.43. The van der Waals surface area contributed by atoms with E-state index in [1.165, 1.54) is 10.4 Å². The van der Waals surface area contributed by atoms with Crippen LogP contribution in [0.1, 0.15) is 13.8 Å². The topological polar surface area (TPSA) is 74.5 Å². The predicted octanol–water partition coefficient (Wildman–Crippen LogP) is 3.76. The molecular formula is C20H26FN5O3S. The van der Waals surface area contributed by atoms with Gasteiger partial charge in [-0.2, -0.15) is 9.19 Å². The van der Waals surface area contributed by atoms with Gasteiger partial charge in [0, 0.05) is 38.8 Å². The van der Waals surface area contributed by atoms with Gasteiger partial charge in [0.15, 0.2) is 12.3 Å². The van der Waals surface area contributed by atoms with Crippen LogP contribution in [0.4, 0.5) is 9.70 Å². The lowest BCUT2D eigenvalue weighted by molar-refractivity contribution is 0.0922. The zero-order valence-corrected chi connectivity index (χ0v) is 18.4. The molecule has 3 aromatic rings. The van der Waals surface area contributed by atoms with Crippen molar-refractivity contribution in [2.24, 2.45) is 0 Å². The van der Waals surface area contributed by atoms with Gasteiger partial charge in [0.25, 0.3) is 0 Å². The van der Waals surface area contributed by atoms with Gasteiger partial charge in [-0.1, -0.05) is 0 Å². The molecule has 2 heterocycles. The van der Waals surface area contributed by atoms with Crippen LogP contribution in [0.2, 0.25) is 0 Å². The van der Waals surface area contributed by atoms with Crippen molar-refractivity contribution in [3.05, 3.63) is 30.6 Å². The van der Waals surface area contributed by atoms with Crippen LogP contribution in [-0.2, 0) is 9.47 Å². The summed E-state index contributed by atoms with van der Waals surface area (Å²) in [5.41, 5.74) is 1.77. The molecule has 3 rings (SSSR count). The summed E-state index contributed by atoms with van der Waals surface area (Å²) in [6.07, 6.45) is 1.36. The van der Waals surface area contributed by atoms with E-state index in [4.69, 9.17) is 14.2 Å². The van der Waals surface area contributed by atoms with Crippen LogP contribution in [-0.4, -0.2) is 65.8 Å². The number of ether oxygens (including phenoxy) is 3. The zero-order valence-electron chi connectivity index (χ0n) is 17.5. The van der Waals surface area contributed by atoms with E-state index in [-0.39, 0.29) is 18.4 Å². The first-order valence-corrected chi connectivity index (χ1v) is 10.3. The number of likely N-dealkylation sites (N-methyl/N-ethyl adjacent to an activating group) is 1. The van der Waals surface area contributed by atoms with Crippen molar-refractivity contribution in [1.82, 2.24) is 19.2 Å². The van der Waals surface area contributed by atoms with E-state index < -0.39 is 0 Å². The van der Waals surface area contributed by atoms with Gasteiger partial charge in [-0.15, -0.1) is 3.89 Å². The van der Waals surface area contributed by atoms with Gasteiger partial charge in [0.2, 0.25) is 0 Å². The van der Waals surface area contributed by atoms with Gasteiger partial charge >= 0.3 is 0 Å². The first-order valence-electron chi connectivity index (χ1n) is 9.65. The minimum absolute atomic E-state index is 0.0285. The van der Waals surface area contributed by atoms with Gasteiger partial charge in [0.05, 0.1) is 24.4 Å². The number of halogens is 1. The fourth-order valence-corrected chi connectivity index (χ4v) is 3.57. The van der Waals surface area contributed by atoms with Crippen molar-refractivity contribution in [3.8, 4) is 17.1 Å². The van der Waals surface area contributed by atoms with Crippen LogP contribution in [0.5, 0.6) is 5.75 Å². The Morgan fingerprint density at radius 1 is 1.20 bits per heavy atom. The number of rotatable bonds is 11. The summed E-state index contributed by atoms with van der Waals surface area (Å²) in [5, 5.41) is 5.08. The van der Waals surface area contributed by atoms with Gasteiger partial charge in [-0.25, -0.2) is 9.97 Å². The summed E-state index contributed by atoms with van der Waals surface area (Å²) in [5.74, 6) is 1.40. The molecule has 0 bridgehead atoms. The monoisotopic (exact) mass is 435 g/mol. The molecule has 0 spiro atoms. The van der Waals surface area contributed by atoms with Crippen LogP contribution in [0, 0.1) is 0 Å². The lowest BCUT2D eigenvalue weighted by atomic mass is 10.1. The maximum atomic E-state index is 13.7. The molecule has 0 radical (unpaired) electrons. The lowest BCUT2D eigenvalue weighted by Crippen LogP contribution is -2.27. The lowest BCUT2D eigenvalue weighted by Gasteiger charge is -2.21.